The van der Waals surface area contributed by atoms with Crippen LogP contribution in [0.4, 0.5) is 0 Å². The first-order valence-electron chi connectivity index (χ1n) is 6.08. The van der Waals surface area contributed by atoms with Gasteiger partial charge in [-0.2, -0.15) is 0 Å². The fourth-order valence-electron chi connectivity index (χ4n) is 1.57. The summed E-state index contributed by atoms with van der Waals surface area (Å²) in [5, 5.41) is 0. The number of rotatable bonds is 4. The summed E-state index contributed by atoms with van der Waals surface area (Å²) in [4.78, 5) is 10.8. The molecular weight excluding hydrogens is 212 g/mol. The van der Waals surface area contributed by atoms with E-state index in [9.17, 15) is 4.79 Å². The average Bonchev–Trinajstić information content (AvgIpc) is 2.19. The zero-order valence-corrected chi connectivity index (χ0v) is 11.4. The Labute approximate surface area is 104 Å². The van der Waals surface area contributed by atoms with Gasteiger partial charge in [0.15, 0.2) is 0 Å². The fraction of sp³-hybridized carbons (Fsp3) is 0.533. The molecule has 0 N–H and O–H groups in total. The van der Waals surface area contributed by atoms with E-state index in [2.05, 4.69) is 27.7 Å². The molecule has 0 unspecified atom stereocenters. The van der Waals surface area contributed by atoms with Gasteiger partial charge in [-0.25, -0.2) is 0 Å². The minimum atomic E-state index is -0.278. The van der Waals surface area contributed by atoms with E-state index in [0.29, 0.717) is 11.7 Å². The van der Waals surface area contributed by atoms with Gasteiger partial charge in [0.05, 0.1) is 0 Å². The third-order valence-electron chi connectivity index (χ3n) is 3.41. The Balaban J connectivity index is 2.72. The van der Waals surface area contributed by atoms with Crippen LogP contribution in [0.2, 0.25) is 0 Å². The van der Waals surface area contributed by atoms with Crippen LogP contribution in [0.1, 0.15) is 40.2 Å². The number of ether oxygens (including phenoxy) is 1. The first kappa shape index (κ1) is 13.8. The summed E-state index contributed by atoms with van der Waals surface area (Å²) in [7, 11) is 0. The normalized spacial score (nSPS) is 11.6. The van der Waals surface area contributed by atoms with Gasteiger partial charge in [0.2, 0.25) is 0 Å². The third-order valence-corrected chi connectivity index (χ3v) is 3.41. The highest BCUT2D eigenvalue weighted by molar-refractivity contribution is 5.69. The molecular formula is C15H22O2. The fourth-order valence-corrected chi connectivity index (χ4v) is 1.57. The Kier molecular flexibility index (Phi) is 4.33. The van der Waals surface area contributed by atoms with Crippen molar-refractivity contribution in [3.63, 3.8) is 0 Å². The number of carbonyl (C=O) groups excluding carboxylic acids is 1. The van der Waals surface area contributed by atoms with Crippen molar-refractivity contribution in [1.82, 2.24) is 0 Å². The van der Waals surface area contributed by atoms with Crippen molar-refractivity contribution in [2.24, 2.45) is 11.3 Å². The topological polar surface area (TPSA) is 26.3 Å². The highest BCUT2D eigenvalue weighted by Crippen LogP contribution is 2.30. The second-order valence-corrected chi connectivity index (χ2v) is 5.56. The smallest absolute Gasteiger partial charge is 0.308 e. The first-order valence-corrected chi connectivity index (χ1v) is 6.08. The first-order chi connectivity index (χ1) is 7.81. The lowest BCUT2D eigenvalue weighted by Crippen LogP contribution is -2.21. The molecule has 0 aliphatic heterocycles. The number of hydrogen-bond acceptors (Lipinski definition) is 2. The number of carbonyl (C=O) groups is 1. The largest absolute Gasteiger partial charge is 0.427 e. The zero-order valence-electron chi connectivity index (χ0n) is 11.4. The summed E-state index contributed by atoms with van der Waals surface area (Å²) >= 11 is 0. The van der Waals surface area contributed by atoms with Crippen LogP contribution >= 0.6 is 0 Å². The molecule has 0 saturated carbocycles. The van der Waals surface area contributed by atoms with Crippen LogP contribution in [0, 0.1) is 11.3 Å². The highest BCUT2D eigenvalue weighted by atomic mass is 16.5. The minimum Gasteiger partial charge on any atom is -0.427 e. The number of hydrogen-bond donors (Lipinski definition) is 0. The molecule has 0 saturated heterocycles. The predicted octanol–water partition coefficient (Wildman–Crippen LogP) is 3.84. The van der Waals surface area contributed by atoms with E-state index >= 15 is 0 Å². The Morgan fingerprint density at radius 2 is 1.76 bits per heavy atom. The number of benzene rings is 1. The van der Waals surface area contributed by atoms with Gasteiger partial charge in [0, 0.05) is 6.92 Å². The molecule has 0 bridgehead atoms. The molecule has 1 aromatic rings. The molecule has 0 radical (unpaired) electrons. The third kappa shape index (κ3) is 4.22. The monoisotopic (exact) mass is 234 g/mol. The van der Waals surface area contributed by atoms with Gasteiger partial charge in [0.25, 0.3) is 0 Å². The molecule has 0 aliphatic rings. The van der Waals surface area contributed by atoms with Crippen LogP contribution in [0.5, 0.6) is 5.75 Å². The van der Waals surface area contributed by atoms with Crippen LogP contribution in [0.15, 0.2) is 24.3 Å². The summed E-state index contributed by atoms with van der Waals surface area (Å²) < 4.78 is 5.01. The molecule has 94 valence electrons. The van der Waals surface area contributed by atoms with E-state index in [1.54, 1.807) is 0 Å². The maximum absolute atomic E-state index is 10.8. The Hall–Kier alpha value is -1.31. The van der Waals surface area contributed by atoms with Crippen LogP contribution in [0.25, 0.3) is 0 Å². The van der Waals surface area contributed by atoms with Crippen molar-refractivity contribution in [2.75, 3.05) is 0 Å². The molecule has 0 atom stereocenters. The molecule has 0 amide bonds. The van der Waals surface area contributed by atoms with Crippen molar-refractivity contribution in [3.8, 4) is 5.75 Å². The van der Waals surface area contributed by atoms with E-state index < -0.39 is 0 Å². The van der Waals surface area contributed by atoms with Crippen molar-refractivity contribution < 1.29 is 9.53 Å². The second-order valence-electron chi connectivity index (χ2n) is 5.56. The van der Waals surface area contributed by atoms with Gasteiger partial charge in [-0.3, -0.25) is 4.79 Å². The summed E-state index contributed by atoms with van der Waals surface area (Å²) in [5.74, 6) is 0.972. The van der Waals surface area contributed by atoms with Gasteiger partial charge >= 0.3 is 5.97 Å². The maximum Gasteiger partial charge on any atom is 0.308 e. The standard InChI is InChI=1S/C15H22O2/c1-11(2)15(4,5)10-13-6-8-14(9-7-13)17-12(3)16/h6-9,11H,10H2,1-5H3. The van der Waals surface area contributed by atoms with Gasteiger partial charge in [0.1, 0.15) is 5.75 Å². The molecule has 0 aliphatic carbocycles. The van der Waals surface area contributed by atoms with Crippen molar-refractivity contribution in [1.29, 1.82) is 0 Å². The second kappa shape index (κ2) is 5.35. The molecule has 1 rings (SSSR count). The van der Waals surface area contributed by atoms with Crippen LogP contribution in [-0.4, -0.2) is 5.97 Å². The van der Waals surface area contributed by atoms with E-state index in [1.807, 2.05) is 24.3 Å². The molecule has 0 aromatic heterocycles. The quantitative estimate of drug-likeness (QED) is 0.584. The molecule has 2 heteroatoms. The van der Waals surface area contributed by atoms with Gasteiger partial charge < -0.3 is 4.74 Å². The molecule has 0 heterocycles. The van der Waals surface area contributed by atoms with E-state index in [-0.39, 0.29) is 11.4 Å². The van der Waals surface area contributed by atoms with E-state index in [0.717, 1.165) is 6.42 Å². The lowest BCUT2D eigenvalue weighted by Gasteiger charge is -2.29. The van der Waals surface area contributed by atoms with Gasteiger partial charge in [-0.05, 0) is 35.4 Å². The molecule has 17 heavy (non-hydrogen) atoms. The maximum atomic E-state index is 10.8. The van der Waals surface area contributed by atoms with Gasteiger partial charge in [-0.1, -0.05) is 39.8 Å². The van der Waals surface area contributed by atoms with E-state index in [1.165, 1.54) is 12.5 Å². The predicted molar refractivity (Wildman–Crippen MR) is 70.1 cm³/mol. The van der Waals surface area contributed by atoms with Crippen LogP contribution < -0.4 is 4.74 Å². The van der Waals surface area contributed by atoms with E-state index in [4.69, 9.17) is 4.74 Å². The summed E-state index contributed by atoms with van der Waals surface area (Å²) in [6, 6.07) is 7.77. The van der Waals surface area contributed by atoms with Crippen molar-refractivity contribution >= 4 is 5.97 Å². The summed E-state index contributed by atoms with van der Waals surface area (Å²) in [6.07, 6.45) is 1.03. The lowest BCUT2D eigenvalue weighted by molar-refractivity contribution is -0.131. The molecule has 0 fully saturated rings. The molecule has 1 aromatic carbocycles. The van der Waals surface area contributed by atoms with Crippen LogP contribution in [-0.2, 0) is 11.2 Å². The molecule has 0 spiro atoms. The summed E-state index contributed by atoms with van der Waals surface area (Å²) in [5.41, 5.74) is 1.56. The SMILES string of the molecule is CC(=O)Oc1ccc(CC(C)(C)C(C)C)cc1. The van der Waals surface area contributed by atoms with Crippen molar-refractivity contribution in [2.45, 2.75) is 41.0 Å². The minimum absolute atomic E-state index is 0.278. The zero-order chi connectivity index (χ0) is 13.1. The number of esters is 1. The highest BCUT2D eigenvalue weighted by Gasteiger charge is 2.22. The lowest BCUT2D eigenvalue weighted by atomic mass is 9.76. The Bertz CT molecular complexity index is 374. The average molecular weight is 234 g/mol. The van der Waals surface area contributed by atoms with Crippen LogP contribution in [0.3, 0.4) is 0 Å². The van der Waals surface area contributed by atoms with Crippen molar-refractivity contribution in [3.05, 3.63) is 29.8 Å². The van der Waals surface area contributed by atoms with Gasteiger partial charge in [-0.15, -0.1) is 0 Å². The summed E-state index contributed by atoms with van der Waals surface area (Å²) in [6.45, 7) is 10.4. The Morgan fingerprint density at radius 3 is 2.18 bits per heavy atom. The Morgan fingerprint density at radius 1 is 1.24 bits per heavy atom. The molecule has 2 nitrogen and oxygen atoms in total.